The van der Waals surface area contributed by atoms with Crippen molar-refractivity contribution in [1.29, 1.82) is 0 Å². The van der Waals surface area contributed by atoms with Gasteiger partial charge in [-0.2, -0.15) is 0 Å². The lowest BCUT2D eigenvalue weighted by molar-refractivity contribution is -0.0411. The molecule has 4 heteroatoms. The van der Waals surface area contributed by atoms with Gasteiger partial charge in [-0.15, -0.1) is 0 Å². The molecule has 1 aliphatic carbocycles. The quantitative estimate of drug-likeness (QED) is 0.748. The first-order valence-corrected chi connectivity index (χ1v) is 7.48. The van der Waals surface area contributed by atoms with Crippen LogP contribution in [-0.2, 0) is 4.74 Å². The van der Waals surface area contributed by atoms with E-state index in [2.05, 4.69) is 4.98 Å². The van der Waals surface area contributed by atoms with E-state index in [1.165, 1.54) is 6.42 Å². The van der Waals surface area contributed by atoms with Gasteiger partial charge in [0.2, 0.25) is 0 Å². The van der Waals surface area contributed by atoms with E-state index >= 15 is 0 Å². The predicted octanol–water partition coefficient (Wildman–Crippen LogP) is 3.40. The molecule has 20 heavy (non-hydrogen) atoms. The molecule has 0 aromatic carbocycles. The minimum absolute atomic E-state index is 0.0492. The zero-order chi connectivity index (χ0) is 14.4. The van der Waals surface area contributed by atoms with Crippen molar-refractivity contribution in [3.63, 3.8) is 0 Å². The first-order valence-electron chi connectivity index (χ1n) is 7.48. The molecule has 1 saturated carbocycles. The maximum absolute atomic E-state index is 12.8. The molecule has 0 bridgehead atoms. The van der Waals surface area contributed by atoms with E-state index in [-0.39, 0.29) is 5.78 Å². The summed E-state index contributed by atoms with van der Waals surface area (Å²) in [5.74, 6) is 0.689. The SMILES string of the molecule is CCOc1cncc(C(=O)C2(OCC)CCCCC2)c1. The Morgan fingerprint density at radius 2 is 1.95 bits per heavy atom. The normalized spacial score (nSPS) is 17.7. The number of nitrogens with zero attached hydrogens (tertiary/aromatic N) is 1. The van der Waals surface area contributed by atoms with Crippen LogP contribution in [-0.4, -0.2) is 29.6 Å². The van der Waals surface area contributed by atoms with Crippen molar-refractivity contribution in [1.82, 2.24) is 4.98 Å². The van der Waals surface area contributed by atoms with Crippen LogP contribution in [0.15, 0.2) is 18.5 Å². The average Bonchev–Trinajstić information content (AvgIpc) is 2.48. The van der Waals surface area contributed by atoms with Crippen LogP contribution < -0.4 is 4.74 Å². The van der Waals surface area contributed by atoms with E-state index in [0.29, 0.717) is 24.5 Å². The Kier molecular flexibility index (Phi) is 5.12. The Morgan fingerprint density at radius 1 is 1.20 bits per heavy atom. The number of carbonyl (C=O) groups excluding carboxylic acids is 1. The highest BCUT2D eigenvalue weighted by Crippen LogP contribution is 2.35. The third kappa shape index (κ3) is 3.18. The van der Waals surface area contributed by atoms with E-state index in [1.807, 2.05) is 13.8 Å². The highest BCUT2D eigenvalue weighted by molar-refractivity contribution is 6.02. The number of ether oxygens (including phenoxy) is 2. The van der Waals surface area contributed by atoms with Gasteiger partial charge in [-0.1, -0.05) is 19.3 Å². The average molecular weight is 277 g/mol. The highest BCUT2D eigenvalue weighted by Gasteiger charge is 2.40. The Balaban J connectivity index is 2.24. The molecule has 110 valence electrons. The molecule has 0 N–H and O–H groups in total. The second kappa shape index (κ2) is 6.84. The fraction of sp³-hybridized carbons (Fsp3) is 0.625. The lowest BCUT2D eigenvalue weighted by Gasteiger charge is -2.35. The van der Waals surface area contributed by atoms with Gasteiger partial charge in [0.15, 0.2) is 5.78 Å². The minimum Gasteiger partial charge on any atom is -0.492 e. The number of Topliss-reactive ketones (excluding diaryl/α,β-unsaturated/α-hetero) is 1. The summed E-state index contributed by atoms with van der Waals surface area (Å²) < 4.78 is 11.3. The summed E-state index contributed by atoms with van der Waals surface area (Å²) in [5, 5.41) is 0. The standard InChI is InChI=1S/C16H23NO3/c1-3-19-14-10-13(11-17-12-14)15(18)16(20-4-2)8-6-5-7-9-16/h10-12H,3-9H2,1-2H3. The maximum Gasteiger partial charge on any atom is 0.196 e. The van der Waals surface area contributed by atoms with Crippen LogP contribution >= 0.6 is 0 Å². The smallest absolute Gasteiger partial charge is 0.196 e. The number of ketones is 1. The number of rotatable bonds is 6. The summed E-state index contributed by atoms with van der Waals surface area (Å²) in [6.07, 6.45) is 8.12. The van der Waals surface area contributed by atoms with Gasteiger partial charge >= 0.3 is 0 Å². The Hall–Kier alpha value is -1.42. The molecule has 0 saturated heterocycles. The van der Waals surface area contributed by atoms with Crippen molar-refractivity contribution in [2.24, 2.45) is 0 Å². The second-order valence-corrected chi connectivity index (χ2v) is 5.16. The topological polar surface area (TPSA) is 48.4 Å². The van der Waals surface area contributed by atoms with Gasteiger partial charge in [-0.25, -0.2) is 0 Å². The van der Waals surface area contributed by atoms with E-state index in [0.717, 1.165) is 25.7 Å². The summed E-state index contributed by atoms with van der Waals surface area (Å²) in [5.41, 5.74) is -0.0641. The molecule has 0 aliphatic heterocycles. The van der Waals surface area contributed by atoms with Crippen LogP contribution in [0, 0.1) is 0 Å². The molecule has 1 fully saturated rings. The van der Waals surface area contributed by atoms with Gasteiger partial charge in [-0.05, 0) is 32.8 Å². The van der Waals surface area contributed by atoms with Crippen molar-refractivity contribution in [2.45, 2.75) is 51.6 Å². The molecule has 0 spiro atoms. The lowest BCUT2D eigenvalue weighted by Crippen LogP contribution is -2.43. The first kappa shape index (κ1) is 15.0. The third-order valence-corrected chi connectivity index (χ3v) is 3.78. The van der Waals surface area contributed by atoms with Crippen molar-refractivity contribution in [3.05, 3.63) is 24.0 Å². The fourth-order valence-corrected chi connectivity index (χ4v) is 2.89. The number of pyridine rings is 1. The molecule has 1 aromatic heterocycles. The monoisotopic (exact) mass is 277 g/mol. The largest absolute Gasteiger partial charge is 0.492 e. The van der Waals surface area contributed by atoms with Crippen LogP contribution in [0.25, 0.3) is 0 Å². The molecule has 0 unspecified atom stereocenters. The summed E-state index contributed by atoms with van der Waals surface area (Å²) in [6, 6.07) is 1.77. The van der Waals surface area contributed by atoms with Gasteiger partial charge in [-0.3, -0.25) is 9.78 Å². The molecular weight excluding hydrogens is 254 g/mol. The number of hydrogen-bond donors (Lipinski definition) is 0. The molecule has 1 aromatic rings. The molecule has 1 heterocycles. The molecule has 0 radical (unpaired) electrons. The zero-order valence-electron chi connectivity index (χ0n) is 12.4. The highest BCUT2D eigenvalue weighted by atomic mass is 16.5. The van der Waals surface area contributed by atoms with Gasteiger partial charge < -0.3 is 9.47 Å². The summed E-state index contributed by atoms with van der Waals surface area (Å²) >= 11 is 0. The number of carbonyl (C=O) groups is 1. The predicted molar refractivity (Wildman–Crippen MR) is 77.2 cm³/mol. The van der Waals surface area contributed by atoms with E-state index in [4.69, 9.17) is 9.47 Å². The van der Waals surface area contributed by atoms with Crippen LogP contribution in [0.1, 0.15) is 56.3 Å². The van der Waals surface area contributed by atoms with Gasteiger partial charge in [0.25, 0.3) is 0 Å². The Labute approximate surface area is 120 Å². The molecule has 4 nitrogen and oxygen atoms in total. The molecule has 0 atom stereocenters. The van der Waals surface area contributed by atoms with Crippen molar-refractivity contribution < 1.29 is 14.3 Å². The van der Waals surface area contributed by atoms with E-state index in [1.54, 1.807) is 18.5 Å². The first-order chi connectivity index (χ1) is 9.72. The van der Waals surface area contributed by atoms with Crippen molar-refractivity contribution >= 4 is 5.78 Å². The summed E-state index contributed by atoms with van der Waals surface area (Å²) in [4.78, 5) is 17.0. The molecule has 1 aliphatic rings. The van der Waals surface area contributed by atoms with Gasteiger partial charge in [0, 0.05) is 18.4 Å². The van der Waals surface area contributed by atoms with Crippen molar-refractivity contribution in [3.8, 4) is 5.75 Å². The number of aromatic nitrogens is 1. The molecular formula is C16H23NO3. The van der Waals surface area contributed by atoms with E-state index < -0.39 is 5.60 Å². The van der Waals surface area contributed by atoms with Gasteiger partial charge in [0.05, 0.1) is 12.8 Å². The number of hydrogen-bond acceptors (Lipinski definition) is 4. The zero-order valence-corrected chi connectivity index (χ0v) is 12.4. The van der Waals surface area contributed by atoms with Crippen LogP contribution in [0.5, 0.6) is 5.75 Å². The Morgan fingerprint density at radius 3 is 2.60 bits per heavy atom. The molecule has 2 rings (SSSR count). The van der Waals surface area contributed by atoms with Crippen molar-refractivity contribution in [2.75, 3.05) is 13.2 Å². The molecule has 0 amide bonds. The van der Waals surface area contributed by atoms with Crippen LogP contribution in [0.2, 0.25) is 0 Å². The fourth-order valence-electron chi connectivity index (χ4n) is 2.89. The van der Waals surface area contributed by atoms with Crippen LogP contribution in [0.3, 0.4) is 0 Å². The minimum atomic E-state index is -0.653. The van der Waals surface area contributed by atoms with Gasteiger partial charge in [0.1, 0.15) is 11.4 Å². The third-order valence-electron chi connectivity index (χ3n) is 3.78. The second-order valence-electron chi connectivity index (χ2n) is 5.16. The maximum atomic E-state index is 12.8. The van der Waals surface area contributed by atoms with Crippen LogP contribution in [0.4, 0.5) is 0 Å². The lowest BCUT2D eigenvalue weighted by atomic mass is 9.79. The summed E-state index contributed by atoms with van der Waals surface area (Å²) in [7, 11) is 0. The van der Waals surface area contributed by atoms with E-state index in [9.17, 15) is 4.79 Å². The Bertz CT molecular complexity index is 447. The summed E-state index contributed by atoms with van der Waals surface area (Å²) in [6.45, 7) is 4.98.